The average Bonchev–Trinajstić information content (AvgIpc) is 2.56. The number of aryl methyl sites for hydroxylation is 2. The Morgan fingerprint density at radius 3 is 2.59 bits per heavy atom. The van der Waals surface area contributed by atoms with E-state index in [1.165, 1.54) is 0 Å². The van der Waals surface area contributed by atoms with E-state index in [0.29, 0.717) is 31.0 Å². The van der Waals surface area contributed by atoms with Crippen LogP contribution >= 0.6 is 0 Å². The summed E-state index contributed by atoms with van der Waals surface area (Å²) < 4.78 is 5.15. The highest BCUT2D eigenvalue weighted by Gasteiger charge is 2.14. The topological polar surface area (TPSA) is 92.4 Å². The van der Waals surface area contributed by atoms with Gasteiger partial charge in [0.2, 0.25) is 5.76 Å². The number of aromatic nitrogens is 1. The van der Waals surface area contributed by atoms with Gasteiger partial charge in [0.1, 0.15) is 0 Å². The van der Waals surface area contributed by atoms with Gasteiger partial charge in [0.05, 0.1) is 5.69 Å². The Morgan fingerprint density at radius 1 is 1.35 bits per heavy atom. The molecule has 0 bridgehead atoms. The summed E-state index contributed by atoms with van der Waals surface area (Å²) in [6, 6.07) is 0. The summed E-state index contributed by atoms with van der Waals surface area (Å²) >= 11 is 0. The molecular weight excluding hydrogens is 224 g/mol. The number of nitrogens with zero attached hydrogens (tertiary/aromatic N) is 1. The molecule has 0 aliphatic rings. The Morgan fingerprint density at radius 2 is 2.06 bits per heavy atom. The molecule has 6 heteroatoms. The minimum Gasteiger partial charge on any atom is -0.481 e. The van der Waals surface area contributed by atoms with Crippen LogP contribution in [0.4, 0.5) is 0 Å². The zero-order valence-corrected chi connectivity index (χ0v) is 9.95. The maximum Gasteiger partial charge on any atom is 0.303 e. The number of carboxylic acids is 1. The van der Waals surface area contributed by atoms with E-state index in [0.717, 1.165) is 0 Å². The summed E-state index contributed by atoms with van der Waals surface area (Å²) in [6.45, 7) is 3.82. The lowest BCUT2D eigenvalue weighted by Gasteiger charge is -2.02. The molecule has 0 atom stereocenters. The normalized spacial score (nSPS) is 10.2. The van der Waals surface area contributed by atoms with Gasteiger partial charge in [0.25, 0.3) is 5.91 Å². The van der Waals surface area contributed by atoms with Gasteiger partial charge in [-0.3, -0.25) is 9.59 Å². The Kier molecular flexibility index (Phi) is 4.68. The Bertz CT molecular complexity index is 412. The van der Waals surface area contributed by atoms with Crippen LogP contribution in [0.2, 0.25) is 0 Å². The predicted octanol–water partition coefficient (Wildman–Crippen LogP) is 1.28. The van der Waals surface area contributed by atoms with Crippen molar-refractivity contribution >= 4 is 11.9 Å². The van der Waals surface area contributed by atoms with Crippen LogP contribution in [0.15, 0.2) is 4.42 Å². The van der Waals surface area contributed by atoms with Gasteiger partial charge in [0.15, 0.2) is 5.89 Å². The third kappa shape index (κ3) is 4.26. The monoisotopic (exact) mass is 240 g/mol. The second-order valence-electron chi connectivity index (χ2n) is 3.75. The molecule has 1 heterocycles. The maximum atomic E-state index is 11.6. The van der Waals surface area contributed by atoms with E-state index in [1.807, 2.05) is 0 Å². The van der Waals surface area contributed by atoms with Crippen molar-refractivity contribution in [3.8, 4) is 0 Å². The van der Waals surface area contributed by atoms with E-state index in [9.17, 15) is 9.59 Å². The molecule has 0 fully saturated rings. The van der Waals surface area contributed by atoms with Gasteiger partial charge in [-0.05, 0) is 19.8 Å². The molecule has 0 saturated heterocycles. The van der Waals surface area contributed by atoms with Crippen LogP contribution < -0.4 is 5.32 Å². The van der Waals surface area contributed by atoms with Gasteiger partial charge in [-0.15, -0.1) is 0 Å². The summed E-state index contributed by atoms with van der Waals surface area (Å²) in [6.07, 6.45) is 1.30. The van der Waals surface area contributed by atoms with E-state index in [-0.39, 0.29) is 18.1 Å². The van der Waals surface area contributed by atoms with Crippen molar-refractivity contribution in [2.24, 2.45) is 0 Å². The minimum absolute atomic E-state index is 0.121. The Hall–Kier alpha value is -1.85. The maximum absolute atomic E-state index is 11.6. The lowest BCUT2D eigenvalue weighted by atomic mass is 10.2. The van der Waals surface area contributed by atoms with Crippen LogP contribution in [0.25, 0.3) is 0 Å². The highest BCUT2D eigenvalue weighted by Crippen LogP contribution is 2.08. The SMILES string of the molecule is Cc1nc(C)c(C(=O)NCCCCC(=O)O)o1. The van der Waals surface area contributed by atoms with Crippen molar-refractivity contribution in [2.45, 2.75) is 33.1 Å². The lowest BCUT2D eigenvalue weighted by molar-refractivity contribution is -0.137. The first-order chi connectivity index (χ1) is 8.00. The zero-order valence-electron chi connectivity index (χ0n) is 9.95. The number of carbonyl (C=O) groups excluding carboxylic acids is 1. The number of rotatable bonds is 6. The van der Waals surface area contributed by atoms with Gasteiger partial charge >= 0.3 is 5.97 Å². The van der Waals surface area contributed by atoms with E-state index in [4.69, 9.17) is 9.52 Å². The largest absolute Gasteiger partial charge is 0.481 e. The summed E-state index contributed by atoms with van der Waals surface area (Å²) in [4.78, 5) is 25.9. The quantitative estimate of drug-likeness (QED) is 0.730. The molecule has 1 rings (SSSR count). The first-order valence-corrected chi connectivity index (χ1v) is 5.44. The third-order valence-electron chi connectivity index (χ3n) is 2.21. The predicted molar refractivity (Wildman–Crippen MR) is 59.8 cm³/mol. The summed E-state index contributed by atoms with van der Waals surface area (Å²) in [7, 11) is 0. The second-order valence-corrected chi connectivity index (χ2v) is 3.75. The number of nitrogens with one attached hydrogen (secondary N) is 1. The molecule has 1 amide bonds. The number of oxazole rings is 1. The van der Waals surface area contributed by atoms with Gasteiger partial charge in [0, 0.05) is 19.9 Å². The average molecular weight is 240 g/mol. The number of unbranched alkanes of at least 4 members (excludes halogenated alkanes) is 1. The molecule has 0 aromatic carbocycles. The highest BCUT2D eigenvalue weighted by molar-refractivity contribution is 5.92. The number of carboxylic acid groups (broad SMARTS) is 1. The molecule has 1 aromatic heterocycles. The van der Waals surface area contributed by atoms with Crippen molar-refractivity contribution in [2.75, 3.05) is 6.54 Å². The highest BCUT2D eigenvalue weighted by atomic mass is 16.4. The summed E-state index contributed by atoms with van der Waals surface area (Å²) in [5.41, 5.74) is 0.561. The fraction of sp³-hybridized carbons (Fsp3) is 0.545. The smallest absolute Gasteiger partial charge is 0.303 e. The zero-order chi connectivity index (χ0) is 12.8. The van der Waals surface area contributed by atoms with Gasteiger partial charge in [-0.25, -0.2) is 4.98 Å². The number of aliphatic carboxylic acids is 1. The van der Waals surface area contributed by atoms with Crippen LogP contribution in [-0.4, -0.2) is 28.5 Å². The number of hydrogen-bond donors (Lipinski definition) is 2. The van der Waals surface area contributed by atoms with Crippen molar-refractivity contribution in [1.29, 1.82) is 0 Å². The molecular formula is C11H16N2O4. The third-order valence-corrected chi connectivity index (χ3v) is 2.21. The standard InChI is InChI=1S/C11H16N2O4/c1-7-10(17-8(2)13-7)11(16)12-6-4-3-5-9(14)15/h3-6H2,1-2H3,(H,12,16)(H,14,15). The molecule has 0 saturated carbocycles. The molecule has 0 spiro atoms. The van der Waals surface area contributed by atoms with Crippen LogP contribution in [0.3, 0.4) is 0 Å². The first kappa shape index (κ1) is 13.2. The van der Waals surface area contributed by atoms with Crippen molar-refractivity contribution in [1.82, 2.24) is 10.3 Å². The van der Waals surface area contributed by atoms with Gasteiger partial charge in [-0.1, -0.05) is 0 Å². The molecule has 1 aromatic rings. The van der Waals surface area contributed by atoms with Crippen molar-refractivity contribution in [3.05, 3.63) is 17.3 Å². The second kappa shape index (κ2) is 6.03. The van der Waals surface area contributed by atoms with Crippen LogP contribution in [0, 0.1) is 13.8 Å². The summed E-state index contributed by atoms with van der Waals surface area (Å²) in [5, 5.41) is 11.1. The fourth-order valence-corrected chi connectivity index (χ4v) is 1.43. The van der Waals surface area contributed by atoms with Crippen LogP contribution in [0.1, 0.15) is 41.4 Å². The van der Waals surface area contributed by atoms with Gasteiger partial charge < -0.3 is 14.8 Å². The van der Waals surface area contributed by atoms with E-state index in [1.54, 1.807) is 13.8 Å². The minimum atomic E-state index is -0.821. The number of amides is 1. The van der Waals surface area contributed by atoms with Crippen molar-refractivity contribution < 1.29 is 19.1 Å². The Balaban J connectivity index is 2.30. The molecule has 0 aliphatic carbocycles. The first-order valence-electron chi connectivity index (χ1n) is 5.44. The van der Waals surface area contributed by atoms with Crippen molar-refractivity contribution in [3.63, 3.8) is 0 Å². The molecule has 0 aliphatic heterocycles. The molecule has 94 valence electrons. The molecule has 0 radical (unpaired) electrons. The van der Waals surface area contributed by atoms with Crippen LogP contribution in [-0.2, 0) is 4.79 Å². The lowest BCUT2D eigenvalue weighted by Crippen LogP contribution is -2.24. The van der Waals surface area contributed by atoms with Crippen LogP contribution in [0.5, 0.6) is 0 Å². The summed E-state index contributed by atoms with van der Waals surface area (Å²) in [5.74, 6) is -0.448. The number of carbonyl (C=O) groups is 2. The molecule has 6 nitrogen and oxygen atoms in total. The fourth-order valence-electron chi connectivity index (χ4n) is 1.43. The molecule has 2 N–H and O–H groups in total. The van der Waals surface area contributed by atoms with Gasteiger partial charge in [-0.2, -0.15) is 0 Å². The molecule has 17 heavy (non-hydrogen) atoms. The molecule has 0 unspecified atom stereocenters. The van der Waals surface area contributed by atoms with E-state index >= 15 is 0 Å². The van der Waals surface area contributed by atoms with E-state index < -0.39 is 5.97 Å². The Labute approximate surface area is 99.0 Å². The number of hydrogen-bond acceptors (Lipinski definition) is 4. The van der Waals surface area contributed by atoms with E-state index in [2.05, 4.69) is 10.3 Å².